The molecule has 59 heavy (non-hydrogen) atoms. The van der Waals surface area contributed by atoms with Gasteiger partial charge in [-0.05, 0) is 163 Å². The Morgan fingerprint density at radius 1 is 0.407 bits per heavy atom. The van der Waals surface area contributed by atoms with Gasteiger partial charge in [-0.3, -0.25) is 0 Å². The Labute approximate surface area is 355 Å². The SMILES string of the molecule is CC.CC.CC1=C(c2ccc(N(c3ccc(-c4ccc(C)cc4)cc3)c3ccc4c(c3)Cc3ccccc3-4)cc2C)C=CCC1.Cc1ccccc1-c1ccccc1C. The van der Waals surface area contributed by atoms with Crippen LogP contribution in [0.3, 0.4) is 0 Å². The predicted molar refractivity (Wildman–Crippen MR) is 259 cm³/mol. The zero-order valence-electron chi connectivity index (χ0n) is 36.7. The van der Waals surface area contributed by atoms with E-state index >= 15 is 0 Å². The summed E-state index contributed by atoms with van der Waals surface area (Å²) < 4.78 is 0. The number of hydrogen-bond acceptors (Lipinski definition) is 1. The lowest BCUT2D eigenvalue weighted by Crippen LogP contribution is -2.11. The van der Waals surface area contributed by atoms with Gasteiger partial charge in [0.05, 0.1) is 0 Å². The number of aryl methyl sites for hydroxylation is 4. The van der Waals surface area contributed by atoms with Gasteiger partial charge in [0.2, 0.25) is 0 Å². The molecule has 0 bridgehead atoms. The van der Waals surface area contributed by atoms with Crippen molar-refractivity contribution in [1.82, 2.24) is 0 Å². The average Bonchev–Trinajstić information content (AvgIpc) is 3.65. The summed E-state index contributed by atoms with van der Waals surface area (Å²) in [4.78, 5) is 2.41. The third-order valence-electron chi connectivity index (χ3n) is 11.3. The molecule has 0 heterocycles. The van der Waals surface area contributed by atoms with Gasteiger partial charge in [0.1, 0.15) is 0 Å². The van der Waals surface area contributed by atoms with Crippen molar-refractivity contribution >= 4 is 22.6 Å². The Kier molecular flexibility index (Phi) is 14.4. The maximum atomic E-state index is 2.41. The number of benzene rings is 7. The summed E-state index contributed by atoms with van der Waals surface area (Å²) >= 11 is 0. The second-order valence-electron chi connectivity index (χ2n) is 15.2. The monoisotopic (exact) mass is 771 g/mol. The molecular formula is C58H61N. The van der Waals surface area contributed by atoms with Crippen LogP contribution in [0.4, 0.5) is 17.1 Å². The number of fused-ring (bicyclic) bond motifs is 3. The molecule has 0 aliphatic heterocycles. The fourth-order valence-corrected chi connectivity index (χ4v) is 8.20. The van der Waals surface area contributed by atoms with Crippen molar-refractivity contribution in [3.8, 4) is 33.4 Å². The van der Waals surface area contributed by atoms with Gasteiger partial charge in [-0.2, -0.15) is 0 Å². The third-order valence-corrected chi connectivity index (χ3v) is 11.3. The normalized spacial score (nSPS) is 12.2. The van der Waals surface area contributed by atoms with E-state index in [-0.39, 0.29) is 0 Å². The minimum atomic E-state index is 0.983. The summed E-state index contributed by atoms with van der Waals surface area (Å²) in [6.07, 6.45) is 7.88. The zero-order chi connectivity index (χ0) is 41.9. The van der Waals surface area contributed by atoms with Crippen LogP contribution in [0.15, 0.2) is 175 Å². The standard InChI is InChI=1S/C40H35N.C14H14.2C2H6/c1-27-12-14-30(15-13-27)31-16-18-34(19-17-31)41(35-20-22-38(29(3)24-35)37-10-6-4-8-28(37)2)36-21-23-40-33(26-36)25-32-9-5-7-11-39(32)40;1-11-7-3-5-9-13(11)14-10-6-4-8-12(14)2;2*1-2/h5-7,9-24,26H,4,8,25H2,1-3H3;3-10H,1-2H3;2*1-2H3. The maximum Gasteiger partial charge on any atom is 0.0464 e. The molecule has 1 heteroatoms. The van der Waals surface area contributed by atoms with Crippen molar-refractivity contribution in [1.29, 1.82) is 0 Å². The number of hydrogen-bond donors (Lipinski definition) is 0. The van der Waals surface area contributed by atoms with Gasteiger partial charge < -0.3 is 4.90 Å². The smallest absolute Gasteiger partial charge is 0.0464 e. The van der Waals surface area contributed by atoms with Gasteiger partial charge in [-0.25, -0.2) is 0 Å². The molecule has 0 N–H and O–H groups in total. The number of rotatable bonds is 6. The fourth-order valence-electron chi connectivity index (χ4n) is 8.20. The quantitative estimate of drug-likeness (QED) is 0.163. The molecule has 7 aromatic rings. The minimum Gasteiger partial charge on any atom is -0.310 e. The molecule has 0 aromatic heterocycles. The molecule has 2 aliphatic carbocycles. The first-order valence-electron chi connectivity index (χ1n) is 21.6. The summed E-state index contributed by atoms with van der Waals surface area (Å²) in [6.45, 7) is 19.0. The molecule has 0 amide bonds. The van der Waals surface area contributed by atoms with E-state index in [2.05, 4.69) is 209 Å². The van der Waals surface area contributed by atoms with Crippen molar-refractivity contribution in [2.45, 2.75) is 81.6 Å². The first-order valence-corrected chi connectivity index (χ1v) is 21.6. The molecule has 1 nitrogen and oxygen atoms in total. The molecule has 0 radical (unpaired) electrons. The van der Waals surface area contributed by atoms with Crippen LogP contribution in [-0.4, -0.2) is 0 Å². The molecular weight excluding hydrogens is 711 g/mol. The molecule has 0 unspecified atom stereocenters. The zero-order valence-corrected chi connectivity index (χ0v) is 36.7. The Hall–Kier alpha value is -6.18. The summed E-state index contributed by atoms with van der Waals surface area (Å²) in [5.41, 5.74) is 23.7. The Bertz CT molecular complexity index is 2500. The van der Waals surface area contributed by atoms with Crippen LogP contribution in [0.5, 0.6) is 0 Å². The fraction of sp³-hybridized carbons (Fsp3) is 0.207. The maximum absolute atomic E-state index is 2.41. The topological polar surface area (TPSA) is 3.24 Å². The number of nitrogens with zero attached hydrogens (tertiary/aromatic N) is 1. The highest BCUT2D eigenvalue weighted by Gasteiger charge is 2.21. The van der Waals surface area contributed by atoms with Crippen molar-refractivity contribution in [3.05, 3.63) is 214 Å². The number of allylic oxidation sites excluding steroid dienone is 4. The van der Waals surface area contributed by atoms with E-state index in [1.54, 1.807) is 0 Å². The van der Waals surface area contributed by atoms with Crippen LogP contribution in [0.1, 0.15) is 86.4 Å². The van der Waals surface area contributed by atoms with Crippen LogP contribution < -0.4 is 4.90 Å². The van der Waals surface area contributed by atoms with E-state index in [0.29, 0.717) is 0 Å². The van der Waals surface area contributed by atoms with Gasteiger partial charge in [0.15, 0.2) is 0 Å². The first kappa shape index (κ1) is 42.4. The summed E-state index contributed by atoms with van der Waals surface area (Å²) in [5, 5.41) is 0. The highest BCUT2D eigenvalue weighted by atomic mass is 15.1. The lowest BCUT2D eigenvalue weighted by atomic mass is 9.90. The van der Waals surface area contributed by atoms with E-state index in [4.69, 9.17) is 0 Å². The van der Waals surface area contributed by atoms with Crippen LogP contribution in [0.25, 0.3) is 39.0 Å². The van der Waals surface area contributed by atoms with E-state index < -0.39 is 0 Å². The van der Waals surface area contributed by atoms with E-state index in [1.165, 1.54) is 94.8 Å². The van der Waals surface area contributed by atoms with Gasteiger partial charge in [-0.1, -0.05) is 172 Å². The average molecular weight is 772 g/mol. The van der Waals surface area contributed by atoms with Crippen LogP contribution in [-0.2, 0) is 6.42 Å². The molecule has 9 rings (SSSR count). The van der Waals surface area contributed by atoms with Crippen molar-refractivity contribution in [3.63, 3.8) is 0 Å². The van der Waals surface area contributed by atoms with Crippen LogP contribution in [0, 0.1) is 27.7 Å². The second kappa shape index (κ2) is 20.0. The molecule has 0 saturated heterocycles. The highest BCUT2D eigenvalue weighted by molar-refractivity contribution is 5.86. The van der Waals surface area contributed by atoms with Crippen molar-refractivity contribution < 1.29 is 0 Å². The Morgan fingerprint density at radius 3 is 1.47 bits per heavy atom. The van der Waals surface area contributed by atoms with Gasteiger partial charge in [0.25, 0.3) is 0 Å². The molecule has 0 spiro atoms. The Balaban J connectivity index is 0.000000272. The van der Waals surface area contributed by atoms with Crippen LogP contribution in [0.2, 0.25) is 0 Å². The largest absolute Gasteiger partial charge is 0.310 e. The predicted octanol–water partition coefficient (Wildman–Crippen LogP) is 17.2. The lowest BCUT2D eigenvalue weighted by Gasteiger charge is -2.27. The van der Waals surface area contributed by atoms with Crippen molar-refractivity contribution in [2.24, 2.45) is 0 Å². The van der Waals surface area contributed by atoms with E-state index in [9.17, 15) is 0 Å². The third kappa shape index (κ3) is 9.59. The summed E-state index contributed by atoms with van der Waals surface area (Å²) in [7, 11) is 0. The molecule has 0 fully saturated rings. The minimum absolute atomic E-state index is 0.983. The lowest BCUT2D eigenvalue weighted by molar-refractivity contribution is 0.967. The van der Waals surface area contributed by atoms with E-state index in [0.717, 1.165) is 24.9 Å². The molecule has 0 saturated carbocycles. The molecule has 2 aliphatic rings. The number of anilines is 3. The van der Waals surface area contributed by atoms with Gasteiger partial charge >= 0.3 is 0 Å². The highest BCUT2D eigenvalue weighted by Crippen LogP contribution is 2.43. The molecule has 298 valence electrons. The summed E-state index contributed by atoms with van der Waals surface area (Å²) in [6, 6.07) is 57.6. The first-order chi connectivity index (χ1) is 28.8. The van der Waals surface area contributed by atoms with Gasteiger partial charge in [0, 0.05) is 17.1 Å². The second-order valence-corrected chi connectivity index (χ2v) is 15.2. The van der Waals surface area contributed by atoms with Crippen molar-refractivity contribution in [2.75, 3.05) is 4.90 Å². The Morgan fingerprint density at radius 2 is 0.898 bits per heavy atom. The van der Waals surface area contributed by atoms with Gasteiger partial charge in [-0.15, -0.1) is 0 Å². The summed E-state index contributed by atoms with van der Waals surface area (Å²) in [5.74, 6) is 0. The van der Waals surface area contributed by atoms with E-state index in [1.807, 2.05) is 27.7 Å². The molecule has 0 atom stereocenters. The van der Waals surface area contributed by atoms with Crippen LogP contribution >= 0.6 is 0 Å². The molecule has 7 aromatic carbocycles.